The summed E-state index contributed by atoms with van der Waals surface area (Å²) in [5.41, 5.74) is 2.60. The van der Waals surface area contributed by atoms with Crippen LogP contribution >= 0.6 is 22.9 Å². The molecule has 0 aliphatic rings. The summed E-state index contributed by atoms with van der Waals surface area (Å²) in [6, 6.07) is 9.15. The molecule has 0 radical (unpaired) electrons. The maximum Gasteiger partial charge on any atom is 0.265 e. The first-order chi connectivity index (χ1) is 12.1. The van der Waals surface area contributed by atoms with Gasteiger partial charge in [0, 0.05) is 12.1 Å². The summed E-state index contributed by atoms with van der Waals surface area (Å²) in [5.74, 6) is 0.483. The van der Waals surface area contributed by atoms with Crippen molar-refractivity contribution in [2.75, 3.05) is 5.32 Å². The molecule has 0 unspecified atom stereocenters. The lowest BCUT2D eigenvalue weighted by atomic mass is 10.3. The van der Waals surface area contributed by atoms with Crippen molar-refractivity contribution in [1.82, 2.24) is 9.78 Å². The van der Waals surface area contributed by atoms with E-state index in [0.29, 0.717) is 22.3 Å². The number of hydrogen-bond acceptors (Lipinski definition) is 4. The summed E-state index contributed by atoms with van der Waals surface area (Å²) < 4.78 is 7.54. The lowest BCUT2D eigenvalue weighted by Gasteiger charge is -2.06. The lowest BCUT2D eigenvalue weighted by Crippen LogP contribution is -2.11. The number of thiophene rings is 1. The van der Waals surface area contributed by atoms with Gasteiger partial charge in [-0.05, 0) is 37.4 Å². The van der Waals surface area contributed by atoms with E-state index in [1.807, 2.05) is 48.2 Å². The van der Waals surface area contributed by atoms with Crippen molar-refractivity contribution in [2.45, 2.75) is 27.0 Å². The smallest absolute Gasteiger partial charge is 0.265 e. The molecule has 7 heteroatoms. The van der Waals surface area contributed by atoms with Gasteiger partial charge < -0.3 is 10.1 Å². The molecule has 2 heterocycles. The Balaban J connectivity index is 1.63. The second-order valence-electron chi connectivity index (χ2n) is 5.45. The van der Waals surface area contributed by atoms with Gasteiger partial charge in [0.2, 0.25) is 0 Å². The maximum absolute atomic E-state index is 12.4. The molecule has 5 nitrogen and oxygen atoms in total. The number of nitrogens with zero attached hydrogens (tertiary/aromatic N) is 2. The first kappa shape index (κ1) is 17.5. The van der Waals surface area contributed by atoms with Crippen LogP contribution in [0.2, 0.25) is 5.02 Å². The third-order valence-corrected chi connectivity index (χ3v) is 5.05. The molecule has 0 aliphatic carbocycles. The van der Waals surface area contributed by atoms with Crippen LogP contribution in [0.15, 0.2) is 41.9 Å². The number of nitrogens with one attached hydrogen (secondary N) is 1. The quantitative estimate of drug-likeness (QED) is 0.675. The standard InChI is InChI=1S/C18H18ClN3O2S/c1-3-22-12(2)15(9-20-22)21-18(23)17-8-13(11-25-17)10-24-16-7-5-4-6-14(16)19/h4-9,11H,3,10H2,1-2H3,(H,21,23). The molecule has 0 atom stereocenters. The number of carbonyl (C=O) groups excluding carboxylic acids is 1. The highest BCUT2D eigenvalue weighted by Gasteiger charge is 2.13. The zero-order chi connectivity index (χ0) is 17.8. The van der Waals surface area contributed by atoms with Crippen molar-refractivity contribution in [1.29, 1.82) is 0 Å². The number of ether oxygens (including phenoxy) is 1. The van der Waals surface area contributed by atoms with Crippen molar-refractivity contribution in [2.24, 2.45) is 0 Å². The van der Waals surface area contributed by atoms with Crippen molar-refractivity contribution in [3.63, 3.8) is 0 Å². The number of hydrogen-bond donors (Lipinski definition) is 1. The zero-order valence-electron chi connectivity index (χ0n) is 14.0. The summed E-state index contributed by atoms with van der Waals surface area (Å²) in [6.07, 6.45) is 1.67. The second-order valence-corrected chi connectivity index (χ2v) is 6.77. The predicted molar refractivity (Wildman–Crippen MR) is 101 cm³/mol. The second kappa shape index (κ2) is 7.72. The van der Waals surface area contributed by atoms with Gasteiger partial charge in [0.1, 0.15) is 12.4 Å². The Labute approximate surface area is 155 Å². The summed E-state index contributed by atoms with van der Waals surface area (Å²) >= 11 is 7.45. The van der Waals surface area contributed by atoms with E-state index in [9.17, 15) is 4.79 Å². The molecule has 2 aromatic heterocycles. The molecule has 0 spiro atoms. The van der Waals surface area contributed by atoms with Crippen LogP contribution in [-0.4, -0.2) is 15.7 Å². The fraction of sp³-hybridized carbons (Fsp3) is 0.222. The number of rotatable bonds is 6. The first-order valence-electron chi connectivity index (χ1n) is 7.87. The Hall–Kier alpha value is -2.31. The van der Waals surface area contributed by atoms with Crippen molar-refractivity contribution >= 4 is 34.5 Å². The number of para-hydroxylation sites is 1. The molecular weight excluding hydrogens is 358 g/mol. The molecule has 1 aromatic carbocycles. The van der Waals surface area contributed by atoms with Crippen LogP contribution in [0.25, 0.3) is 0 Å². The molecule has 0 aliphatic heterocycles. The van der Waals surface area contributed by atoms with Crippen LogP contribution in [0.1, 0.15) is 27.9 Å². The Morgan fingerprint density at radius 2 is 2.20 bits per heavy atom. The van der Waals surface area contributed by atoms with Crippen LogP contribution in [0, 0.1) is 6.92 Å². The summed E-state index contributed by atoms with van der Waals surface area (Å²) in [7, 11) is 0. The largest absolute Gasteiger partial charge is 0.487 e. The van der Waals surface area contributed by atoms with E-state index in [-0.39, 0.29) is 5.91 Å². The lowest BCUT2D eigenvalue weighted by molar-refractivity contribution is 0.103. The molecule has 0 saturated heterocycles. The Morgan fingerprint density at radius 1 is 1.40 bits per heavy atom. The zero-order valence-corrected chi connectivity index (χ0v) is 15.5. The van der Waals surface area contributed by atoms with Gasteiger partial charge in [0.25, 0.3) is 5.91 Å². The van der Waals surface area contributed by atoms with Crippen LogP contribution in [0.4, 0.5) is 5.69 Å². The number of carbonyl (C=O) groups is 1. The van der Waals surface area contributed by atoms with Crippen LogP contribution in [0.5, 0.6) is 5.75 Å². The SMILES string of the molecule is CCn1ncc(NC(=O)c2cc(COc3ccccc3Cl)cs2)c1C. The highest BCUT2D eigenvalue weighted by atomic mass is 35.5. The fourth-order valence-corrected chi connectivity index (χ4v) is 3.35. The molecule has 3 rings (SSSR count). The Kier molecular flexibility index (Phi) is 5.40. The highest BCUT2D eigenvalue weighted by Crippen LogP contribution is 2.25. The third kappa shape index (κ3) is 4.03. The average molecular weight is 376 g/mol. The van der Waals surface area contributed by atoms with E-state index in [0.717, 1.165) is 23.5 Å². The molecule has 0 fully saturated rings. The fourth-order valence-electron chi connectivity index (χ4n) is 2.37. The van der Waals surface area contributed by atoms with Gasteiger partial charge in [-0.25, -0.2) is 0 Å². The molecule has 1 amide bonds. The van der Waals surface area contributed by atoms with Gasteiger partial charge in [-0.2, -0.15) is 5.10 Å². The van der Waals surface area contributed by atoms with Gasteiger partial charge in [-0.3, -0.25) is 9.48 Å². The van der Waals surface area contributed by atoms with Crippen LogP contribution < -0.4 is 10.1 Å². The molecule has 25 heavy (non-hydrogen) atoms. The number of aromatic nitrogens is 2. The Morgan fingerprint density at radius 3 is 2.92 bits per heavy atom. The molecule has 0 saturated carbocycles. The van der Waals surface area contributed by atoms with Crippen LogP contribution in [-0.2, 0) is 13.2 Å². The van der Waals surface area contributed by atoms with Crippen molar-refractivity contribution in [3.05, 3.63) is 63.1 Å². The van der Waals surface area contributed by atoms with Gasteiger partial charge >= 0.3 is 0 Å². The highest BCUT2D eigenvalue weighted by molar-refractivity contribution is 7.12. The minimum Gasteiger partial charge on any atom is -0.487 e. The average Bonchev–Trinajstić information content (AvgIpc) is 3.22. The van der Waals surface area contributed by atoms with E-state index in [1.165, 1.54) is 11.3 Å². The maximum atomic E-state index is 12.4. The minimum absolute atomic E-state index is 0.146. The van der Waals surface area contributed by atoms with Gasteiger partial charge in [0.15, 0.2) is 0 Å². The summed E-state index contributed by atoms with van der Waals surface area (Å²) in [6.45, 7) is 5.07. The number of amides is 1. The monoisotopic (exact) mass is 375 g/mol. The molecule has 130 valence electrons. The van der Waals surface area contributed by atoms with E-state index >= 15 is 0 Å². The van der Waals surface area contributed by atoms with Gasteiger partial charge in [-0.15, -0.1) is 11.3 Å². The molecular formula is C18H18ClN3O2S. The molecule has 1 N–H and O–H groups in total. The third-order valence-electron chi connectivity index (χ3n) is 3.76. The number of halogens is 1. The Bertz CT molecular complexity index is 888. The topological polar surface area (TPSA) is 56.2 Å². The van der Waals surface area contributed by atoms with Crippen LogP contribution in [0.3, 0.4) is 0 Å². The van der Waals surface area contributed by atoms with Gasteiger partial charge in [-0.1, -0.05) is 23.7 Å². The number of aryl methyl sites for hydroxylation is 1. The van der Waals surface area contributed by atoms with E-state index in [1.54, 1.807) is 12.3 Å². The van der Waals surface area contributed by atoms with Crippen molar-refractivity contribution < 1.29 is 9.53 Å². The summed E-state index contributed by atoms with van der Waals surface area (Å²) in [5, 5.41) is 9.61. The normalized spacial score (nSPS) is 10.7. The predicted octanol–water partition coefficient (Wildman–Crippen LogP) is 4.76. The van der Waals surface area contributed by atoms with E-state index < -0.39 is 0 Å². The van der Waals surface area contributed by atoms with E-state index in [2.05, 4.69) is 10.4 Å². The minimum atomic E-state index is -0.146. The van der Waals surface area contributed by atoms with E-state index in [4.69, 9.17) is 16.3 Å². The first-order valence-corrected chi connectivity index (χ1v) is 9.12. The molecule has 0 bridgehead atoms. The van der Waals surface area contributed by atoms with Gasteiger partial charge in [0.05, 0.1) is 27.5 Å². The summed E-state index contributed by atoms with van der Waals surface area (Å²) in [4.78, 5) is 13.0. The molecule has 3 aromatic rings. The number of anilines is 1. The van der Waals surface area contributed by atoms with Crippen molar-refractivity contribution in [3.8, 4) is 5.75 Å². The number of benzene rings is 1.